The summed E-state index contributed by atoms with van der Waals surface area (Å²) < 4.78 is 5.29. The molecular formula is C22H19BrN4. The van der Waals surface area contributed by atoms with Gasteiger partial charge in [0, 0.05) is 34.8 Å². The number of hydrogen-bond donors (Lipinski definition) is 1. The molecule has 0 radical (unpaired) electrons. The van der Waals surface area contributed by atoms with Gasteiger partial charge >= 0.3 is 0 Å². The van der Waals surface area contributed by atoms with Crippen molar-refractivity contribution in [2.45, 2.75) is 19.5 Å². The summed E-state index contributed by atoms with van der Waals surface area (Å²) in [5.41, 5.74) is 7.01. The van der Waals surface area contributed by atoms with Crippen LogP contribution in [-0.2, 0) is 6.54 Å². The Hall–Kier alpha value is -2.79. The standard InChI is InChI=1S/C22H19BrN4/c1-15-10-12-27(25-15)17-8-9-18(19(23)13-17)22-21-7-4-11-26(21)14-16-5-2-3-6-20(16)24-22/h2-13,22,24H,14H2,1H3. The molecule has 5 rings (SSSR count). The molecule has 1 N–H and O–H groups in total. The van der Waals surface area contributed by atoms with Crippen LogP contribution in [0.1, 0.15) is 28.6 Å². The lowest BCUT2D eigenvalue weighted by Crippen LogP contribution is -2.14. The van der Waals surface area contributed by atoms with Crippen LogP contribution in [-0.4, -0.2) is 14.3 Å². The highest BCUT2D eigenvalue weighted by Crippen LogP contribution is 2.36. The molecule has 27 heavy (non-hydrogen) atoms. The molecule has 0 bridgehead atoms. The van der Waals surface area contributed by atoms with Crippen molar-refractivity contribution in [3.05, 3.63) is 100 Å². The van der Waals surface area contributed by atoms with Gasteiger partial charge in [0.1, 0.15) is 0 Å². The first-order valence-electron chi connectivity index (χ1n) is 9.00. The Kier molecular flexibility index (Phi) is 3.90. The first kappa shape index (κ1) is 16.4. The number of para-hydroxylation sites is 1. The predicted octanol–water partition coefficient (Wildman–Crippen LogP) is 5.31. The molecule has 1 unspecified atom stereocenters. The highest BCUT2D eigenvalue weighted by Gasteiger charge is 2.24. The highest BCUT2D eigenvalue weighted by molar-refractivity contribution is 9.10. The molecule has 5 heteroatoms. The topological polar surface area (TPSA) is 34.8 Å². The lowest BCUT2D eigenvalue weighted by molar-refractivity contribution is 0.739. The number of aromatic nitrogens is 3. The first-order chi connectivity index (χ1) is 13.2. The lowest BCUT2D eigenvalue weighted by atomic mass is 10.0. The summed E-state index contributed by atoms with van der Waals surface area (Å²) in [4.78, 5) is 0. The molecule has 0 aliphatic carbocycles. The molecule has 0 fully saturated rings. The zero-order valence-corrected chi connectivity index (χ0v) is 16.5. The summed E-state index contributed by atoms with van der Waals surface area (Å²) in [5.74, 6) is 0. The number of nitrogens with zero attached hydrogens (tertiary/aromatic N) is 3. The van der Waals surface area contributed by atoms with Gasteiger partial charge in [-0.1, -0.05) is 40.2 Å². The molecule has 1 aliphatic heterocycles. The van der Waals surface area contributed by atoms with Crippen LogP contribution in [0.3, 0.4) is 0 Å². The third-order valence-corrected chi connectivity index (χ3v) is 5.79. The van der Waals surface area contributed by atoms with E-state index in [2.05, 4.69) is 91.7 Å². The molecule has 1 atom stereocenters. The number of fused-ring (bicyclic) bond motifs is 2. The summed E-state index contributed by atoms with van der Waals surface area (Å²) in [7, 11) is 0. The van der Waals surface area contributed by atoms with Crippen molar-refractivity contribution in [1.29, 1.82) is 0 Å². The summed E-state index contributed by atoms with van der Waals surface area (Å²) in [6, 6.07) is 21.4. The third-order valence-electron chi connectivity index (χ3n) is 5.10. The first-order valence-corrected chi connectivity index (χ1v) is 9.80. The van der Waals surface area contributed by atoms with Gasteiger partial charge in [0.05, 0.1) is 17.4 Å². The number of halogens is 1. The van der Waals surface area contributed by atoms with E-state index in [4.69, 9.17) is 0 Å². The number of hydrogen-bond acceptors (Lipinski definition) is 2. The van der Waals surface area contributed by atoms with Crippen LogP contribution in [0.25, 0.3) is 5.69 Å². The average molecular weight is 419 g/mol. The Morgan fingerprint density at radius 2 is 1.93 bits per heavy atom. The average Bonchev–Trinajstić information content (AvgIpc) is 3.27. The molecule has 1 aliphatic rings. The molecule has 0 saturated heterocycles. The molecule has 0 saturated carbocycles. The van der Waals surface area contributed by atoms with Gasteiger partial charge in [0.2, 0.25) is 0 Å². The summed E-state index contributed by atoms with van der Waals surface area (Å²) in [6.07, 6.45) is 4.14. The van der Waals surface area contributed by atoms with Gasteiger partial charge in [0.15, 0.2) is 0 Å². The van der Waals surface area contributed by atoms with E-state index in [0.717, 1.165) is 22.4 Å². The van der Waals surface area contributed by atoms with Crippen molar-refractivity contribution in [3.63, 3.8) is 0 Å². The van der Waals surface area contributed by atoms with Gasteiger partial charge in [-0.3, -0.25) is 0 Å². The number of benzene rings is 2. The van der Waals surface area contributed by atoms with E-state index in [-0.39, 0.29) is 6.04 Å². The van der Waals surface area contributed by atoms with Crippen LogP contribution in [0.5, 0.6) is 0 Å². The van der Waals surface area contributed by atoms with E-state index in [1.54, 1.807) is 0 Å². The molecule has 0 spiro atoms. The van der Waals surface area contributed by atoms with Gasteiger partial charge in [-0.2, -0.15) is 5.10 Å². The van der Waals surface area contributed by atoms with Gasteiger partial charge in [-0.05, 0) is 54.4 Å². The smallest absolute Gasteiger partial charge is 0.0930 e. The second-order valence-electron chi connectivity index (χ2n) is 6.90. The lowest BCUT2D eigenvalue weighted by Gasteiger charge is -2.21. The Morgan fingerprint density at radius 3 is 2.74 bits per heavy atom. The Morgan fingerprint density at radius 1 is 1.04 bits per heavy atom. The summed E-state index contributed by atoms with van der Waals surface area (Å²) in [6.45, 7) is 2.88. The molecule has 2 aromatic carbocycles. The van der Waals surface area contributed by atoms with Crippen LogP contribution in [0.2, 0.25) is 0 Å². The van der Waals surface area contributed by atoms with Gasteiger partial charge < -0.3 is 9.88 Å². The van der Waals surface area contributed by atoms with E-state index in [9.17, 15) is 0 Å². The van der Waals surface area contributed by atoms with Crippen molar-refractivity contribution in [2.75, 3.05) is 5.32 Å². The molecule has 4 aromatic rings. The van der Waals surface area contributed by atoms with E-state index >= 15 is 0 Å². The summed E-state index contributed by atoms with van der Waals surface area (Å²) >= 11 is 3.80. The minimum Gasteiger partial charge on any atom is -0.373 e. The van der Waals surface area contributed by atoms with Crippen molar-refractivity contribution in [3.8, 4) is 5.69 Å². The maximum atomic E-state index is 4.51. The molecule has 2 aromatic heterocycles. The number of rotatable bonds is 2. The molecule has 4 nitrogen and oxygen atoms in total. The fourth-order valence-electron chi connectivity index (χ4n) is 3.73. The van der Waals surface area contributed by atoms with Gasteiger partial charge in [-0.15, -0.1) is 0 Å². The quantitative estimate of drug-likeness (QED) is 0.478. The Balaban J connectivity index is 1.60. The second-order valence-corrected chi connectivity index (χ2v) is 7.76. The van der Waals surface area contributed by atoms with Gasteiger partial charge in [0.25, 0.3) is 0 Å². The van der Waals surface area contributed by atoms with Gasteiger partial charge in [-0.25, -0.2) is 4.68 Å². The molecule has 0 amide bonds. The Bertz CT molecular complexity index is 1120. The maximum Gasteiger partial charge on any atom is 0.0930 e. The fourth-order valence-corrected chi connectivity index (χ4v) is 4.33. The van der Waals surface area contributed by atoms with Crippen LogP contribution in [0.15, 0.2) is 77.5 Å². The minimum atomic E-state index is 0.0754. The molecular weight excluding hydrogens is 400 g/mol. The van der Waals surface area contributed by atoms with Crippen LogP contribution in [0.4, 0.5) is 5.69 Å². The number of nitrogens with one attached hydrogen (secondary N) is 1. The monoisotopic (exact) mass is 418 g/mol. The van der Waals surface area contributed by atoms with E-state index in [1.165, 1.54) is 22.5 Å². The van der Waals surface area contributed by atoms with E-state index in [1.807, 2.05) is 23.9 Å². The highest BCUT2D eigenvalue weighted by atomic mass is 79.9. The Labute approximate surface area is 166 Å². The molecule has 3 heterocycles. The SMILES string of the molecule is Cc1ccn(-c2ccc(C3Nc4ccccc4Cn4cccc43)c(Br)c2)n1. The molecule has 134 valence electrons. The predicted molar refractivity (Wildman–Crippen MR) is 111 cm³/mol. The van der Waals surface area contributed by atoms with Crippen LogP contribution >= 0.6 is 15.9 Å². The van der Waals surface area contributed by atoms with Crippen molar-refractivity contribution in [1.82, 2.24) is 14.3 Å². The van der Waals surface area contributed by atoms with Crippen LogP contribution < -0.4 is 5.32 Å². The maximum absolute atomic E-state index is 4.51. The third kappa shape index (κ3) is 2.88. The normalized spacial score (nSPS) is 15.6. The minimum absolute atomic E-state index is 0.0754. The second kappa shape index (κ2) is 6.43. The van der Waals surface area contributed by atoms with E-state index in [0.29, 0.717) is 0 Å². The van der Waals surface area contributed by atoms with Crippen LogP contribution in [0, 0.1) is 6.92 Å². The van der Waals surface area contributed by atoms with E-state index < -0.39 is 0 Å². The summed E-state index contributed by atoms with van der Waals surface area (Å²) in [5, 5.41) is 8.26. The van der Waals surface area contributed by atoms with Crippen molar-refractivity contribution >= 4 is 21.6 Å². The van der Waals surface area contributed by atoms with Crippen molar-refractivity contribution in [2.24, 2.45) is 0 Å². The number of aryl methyl sites for hydroxylation is 1. The van der Waals surface area contributed by atoms with Crippen molar-refractivity contribution < 1.29 is 0 Å². The largest absolute Gasteiger partial charge is 0.373 e. The zero-order chi connectivity index (χ0) is 18.4. The number of anilines is 1. The zero-order valence-electron chi connectivity index (χ0n) is 14.9. The fraction of sp³-hybridized carbons (Fsp3) is 0.136.